The first-order valence-electron chi connectivity index (χ1n) is 5.19. The molecule has 4 heteroatoms. The van der Waals surface area contributed by atoms with Gasteiger partial charge < -0.3 is 20.6 Å². The van der Waals surface area contributed by atoms with Gasteiger partial charge in [0, 0.05) is 23.9 Å². The van der Waals surface area contributed by atoms with Crippen molar-refractivity contribution in [2.45, 2.75) is 6.54 Å². The van der Waals surface area contributed by atoms with E-state index in [1.54, 1.807) is 36.4 Å². The second-order valence-electron chi connectivity index (χ2n) is 3.69. The largest absolute Gasteiger partial charge is 0.508 e. The smallest absolute Gasteiger partial charge is 0.162 e. The fraction of sp³-hybridized carbons (Fsp3) is 0.0769. The van der Waals surface area contributed by atoms with Crippen molar-refractivity contribution in [2.75, 3.05) is 5.32 Å². The molecule has 2 rings (SSSR count). The van der Waals surface area contributed by atoms with Gasteiger partial charge in [-0.05, 0) is 18.2 Å². The van der Waals surface area contributed by atoms with Crippen LogP contribution in [0.25, 0.3) is 0 Å². The van der Waals surface area contributed by atoms with E-state index in [0.29, 0.717) is 12.1 Å². The van der Waals surface area contributed by atoms with Crippen LogP contribution in [0.1, 0.15) is 5.56 Å². The second kappa shape index (κ2) is 4.65. The SMILES string of the molecule is Oc1cccc(NCc2cccc(O)c2O)c1. The fourth-order valence-corrected chi connectivity index (χ4v) is 1.53. The highest BCUT2D eigenvalue weighted by atomic mass is 16.3. The Bertz CT molecular complexity index is 526. The first-order chi connectivity index (χ1) is 8.16. The third-order valence-electron chi connectivity index (χ3n) is 2.43. The van der Waals surface area contributed by atoms with Crippen LogP contribution in [0.4, 0.5) is 5.69 Å². The van der Waals surface area contributed by atoms with Crippen LogP contribution in [0.5, 0.6) is 17.2 Å². The zero-order valence-corrected chi connectivity index (χ0v) is 9.09. The van der Waals surface area contributed by atoms with Crippen molar-refractivity contribution < 1.29 is 15.3 Å². The Morgan fingerprint density at radius 1 is 0.941 bits per heavy atom. The number of phenolic OH excluding ortho intramolecular Hbond substituents is 3. The van der Waals surface area contributed by atoms with Crippen LogP contribution < -0.4 is 5.32 Å². The summed E-state index contributed by atoms with van der Waals surface area (Å²) in [5.41, 5.74) is 1.33. The van der Waals surface area contributed by atoms with Crippen molar-refractivity contribution in [2.24, 2.45) is 0 Å². The Morgan fingerprint density at radius 3 is 2.47 bits per heavy atom. The van der Waals surface area contributed by atoms with Crippen molar-refractivity contribution in [3.8, 4) is 17.2 Å². The minimum absolute atomic E-state index is 0.125. The molecule has 0 bridgehead atoms. The summed E-state index contributed by atoms with van der Waals surface area (Å²) >= 11 is 0. The van der Waals surface area contributed by atoms with E-state index in [-0.39, 0.29) is 17.2 Å². The Balaban J connectivity index is 2.10. The Labute approximate surface area is 98.8 Å². The summed E-state index contributed by atoms with van der Waals surface area (Å²) in [5.74, 6) is -0.0875. The van der Waals surface area contributed by atoms with Crippen molar-refractivity contribution >= 4 is 5.69 Å². The van der Waals surface area contributed by atoms with Crippen LogP contribution in [0.15, 0.2) is 42.5 Å². The number of hydrogen-bond acceptors (Lipinski definition) is 4. The number of aromatic hydroxyl groups is 3. The van der Waals surface area contributed by atoms with Gasteiger partial charge in [-0.15, -0.1) is 0 Å². The average Bonchev–Trinajstić information content (AvgIpc) is 2.31. The lowest BCUT2D eigenvalue weighted by Crippen LogP contribution is -1.99. The second-order valence-corrected chi connectivity index (χ2v) is 3.69. The first-order valence-corrected chi connectivity index (χ1v) is 5.19. The van der Waals surface area contributed by atoms with Crippen LogP contribution in [-0.2, 0) is 6.54 Å². The number of phenols is 3. The Kier molecular flexibility index (Phi) is 3.05. The van der Waals surface area contributed by atoms with E-state index in [1.165, 1.54) is 6.07 Å². The lowest BCUT2D eigenvalue weighted by atomic mass is 10.2. The number of nitrogens with one attached hydrogen (secondary N) is 1. The number of anilines is 1. The van der Waals surface area contributed by atoms with Crippen LogP contribution in [0.3, 0.4) is 0 Å². The maximum atomic E-state index is 9.59. The standard InChI is InChI=1S/C13H13NO3/c15-11-5-2-4-10(7-11)14-8-9-3-1-6-12(16)13(9)17/h1-7,14-17H,8H2. The highest BCUT2D eigenvalue weighted by molar-refractivity contribution is 5.50. The van der Waals surface area contributed by atoms with Gasteiger partial charge in [-0.25, -0.2) is 0 Å². The Morgan fingerprint density at radius 2 is 1.71 bits per heavy atom. The molecule has 2 aromatic rings. The molecule has 0 unspecified atom stereocenters. The fourth-order valence-electron chi connectivity index (χ4n) is 1.53. The molecule has 0 radical (unpaired) electrons. The van der Waals surface area contributed by atoms with E-state index < -0.39 is 0 Å². The lowest BCUT2D eigenvalue weighted by molar-refractivity contribution is 0.400. The molecule has 2 aromatic carbocycles. The summed E-state index contributed by atoms with van der Waals surface area (Å²) in [6.07, 6.45) is 0. The zero-order chi connectivity index (χ0) is 12.3. The summed E-state index contributed by atoms with van der Waals surface area (Å²) in [6, 6.07) is 11.5. The van der Waals surface area contributed by atoms with E-state index in [9.17, 15) is 15.3 Å². The molecule has 0 aliphatic rings. The molecule has 0 atom stereocenters. The number of para-hydroxylation sites is 1. The molecular weight excluding hydrogens is 218 g/mol. The molecule has 4 nitrogen and oxygen atoms in total. The molecule has 0 aromatic heterocycles. The van der Waals surface area contributed by atoms with E-state index in [0.717, 1.165) is 5.69 Å². The lowest BCUT2D eigenvalue weighted by Gasteiger charge is -2.09. The van der Waals surface area contributed by atoms with Crippen LogP contribution in [0.2, 0.25) is 0 Å². The molecular formula is C13H13NO3. The predicted molar refractivity (Wildman–Crippen MR) is 65.2 cm³/mol. The van der Waals surface area contributed by atoms with Gasteiger partial charge in [-0.3, -0.25) is 0 Å². The first kappa shape index (κ1) is 11.1. The van der Waals surface area contributed by atoms with E-state index in [1.807, 2.05) is 0 Å². The van der Waals surface area contributed by atoms with Crippen LogP contribution >= 0.6 is 0 Å². The normalized spacial score (nSPS) is 10.1. The van der Waals surface area contributed by atoms with E-state index >= 15 is 0 Å². The predicted octanol–water partition coefficient (Wildman–Crippen LogP) is 2.42. The summed E-state index contributed by atoms with van der Waals surface area (Å²) < 4.78 is 0. The topological polar surface area (TPSA) is 72.7 Å². The van der Waals surface area contributed by atoms with Crippen LogP contribution in [-0.4, -0.2) is 15.3 Å². The van der Waals surface area contributed by atoms with Gasteiger partial charge in [0.1, 0.15) is 5.75 Å². The maximum absolute atomic E-state index is 9.59. The van der Waals surface area contributed by atoms with Gasteiger partial charge in [-0.1, -0.05) is 18.2 Å². The van der Waals surface area contributed by atoms with Crippen molar-refractivity contribution in [1.29, 1.82) is 0 Å². The molecule has 88 valence electrons. The minimum atomic E-state index is -0.139. The molecule has 0 heterocycles. The van der Waals surface area contributed by atoms with Crippen LogP contribution in [0, 0.1) is 0 Å². The van der Waals surface area contributed by atoms with Gasteiger partial charge in [-0.2, -0.15) is 0 Å². The van der Waals surface area contributed by atoms with E-state index in [2.05, 4.69) is 5.32 Å². The molecule has 4 N–H and O–H groups in total. The summed E-state index contributed by atoms with van der Waals surface area (Å²) in [5, 5.41) is 31.2. The molecule has 0 fully saturated rings. The Hall–Kier alpha value is -2.36. The summed E-state index contributed by atoms with van der Waals surface area (Å²) in [4.78, 5) is 0. The summed E-state index contributed by atoms with van der Waals surface area (Å²) in [6.45, 7) is 0.365. The molecule has 0 aliphatic heterocycles. The molecule has 0 spiro atoms. The molecule has 0 amide bonds. The minimum Gasteiger partial charge on any atom is -0.508 e. The number of benzene rings is 2. The van der Waals surface area contributed by atoms with Gasteiger partial charge in [0.25, 0.3) is 0 Å². The maximum Gasteiger partial charge on any atom is 0.162 e. The molecule has 0 saturated heterocycles. The van der Waals surface area contributed by atoms with Gasteiger partial charge in [0.2, 0.25) is 0 Å². The highest BCUT2D eigenvalue weighted by Gasteiger charge is 2.05. The summed E-state index contributed by atoms with van der Waals surface area (Å²) in [7, 11) is 0. The monoisotopic (exact) mass is 231 g/mol. The molecule has 0 saturated carbocycles. The van der Waals surface area contributed by atoms with Gasteiger partial charge in [0.15, 0.2) is 11.5 Å². The highest BCUT2D eigenvalue weighted by Crippen LogP contribution is 2.28. The molecule has 0 aliphatic carbocycles. The molecule has 17 heavy (non-hydrogen) atoms. The third-order valence-corrected chi connectivity index (χ3v) is 2.43. The number of rotatable bonds is 3. The van der Waals surface area contributed by atoms with Crippen molar-refractivity contribution in [3.63, 3.8) is 0 Å². The average molecular weight is 231 g/mol. The van der Waals surface area contributed by atoms with Gasteiger partial charge >= 0.3 is 0 Å². The quantitative estimate of drug-likeness (QED) is 0.612. The third kappa shape index (κ3) is 2.60. The van der Waals surface area contributed by atoms with Crippen molar-refractivity contribution in [1.82, 2.24) is 0 Å². The van der Waals surface area contributed by atoms with Gasteiger partial charge in [0.05, 0.1) is 0 Å². The number of hydrogen-bond donors (Lipinski definition) is 4. The van der Waals surface area contributed by atoms with Crippen molar-refractivity contribution in [3.05, 3.63) is 48.0 Å². The van der Waals surface area contributed by atoms with E-state index in [4.69, 9.17) is 0 Å². The zero-order valence-electron chi connectivity index (χ0n) is 9.09.